The zero-order valence-electron chi connectivity index (χ0n) is 46.1. The number of hydrogen-bond acceptors (Lipinski definition) is 21. The van der Waals surface area contributed by atoms with Crippen LogP contribution in [0.3, 0.4) is 0 Å². The van der Waals surface area contributed by atoms with Crippen LogP contribution in [0.4, 0.5) is 5.69 Å². The van der Waals surface area contributed by atoms with Crippen LogP contribution >= 0.6 is 0 Å². The van der Waals surface area contributed by atoms with Crippen LogP contribution in [0.15, 0.2) is 109 Å². The van der Waals surface area contributed by atoms with Gasteiger partial charge in [-0.2, -0.15) is 0 Å². The highest BCUT2D eigenvalue weighted by atomic mass is 16.7. The van der Waals surface area contributed by atoms with E-state index in [-0.39, 0.29) is 36.9 Å². The number of cyclic esters (lactones) is 1. The number of nitrogen functional groups attached to an aromatic ring is 1. The van der Waals surface area contributed by atoms with E-state index in [2.05, 4.69) is 0 Å². The van der Waals surface area contributed by atoms with Crippen LogP contribution in [-0.4, -0.2) is 179 Å². The number of ether oxygens (including phenoxy) is 4. The van der Waals surface area contributed by atoms with Gasteiger partial charge in [0.15, 0.2) is 12.1 Å². The minimum atomic E-state index is -1.84. The molecule has 2 aliphatic rings. The fourth-order valence-corrected chi connectivity index (χ4v) is 9.35. The van der Waals surface area contributed by atoms with Crippen LogP contribution in [0.2, 0.25) is 0 Å². The molecule has 21 heteroatoms. The fourth-order valence-electron chi connectivity index (χ4n) is 9.35. The van der Waals surface area contributed by atoms with Gasteiger partial charge in [0.05, 0.1) is 86.7 Å². The van der Waals surface area contributed by atoms with Gasteiger partial charge in [0.1, 0.15) is 29.7 Å². The number of esters is 2. The minimum Gasteiger partial charge on any atom is -0.469 e. The van der Waals surface area contributed by atoms with Crippen LogP contribution in [-0.2, 0) is 38.1 Å². The second-order valence-corrected chi connectivity index (χ2v) is 20.9. The summed E-state index contributed by atoms with van der Waals surface area (Å²) < 4.78 is 22.4. The largest absolute Gasteiger partial charge is 0.469 e. The second-order valence-electron chi connectivity index (χ2n) is 20.9. The Morgan fingerprint density at radius 2 is 1.14 bits per heavy atom. The van der Waals surface area contributed by atoms with Crippen LogP contribution in [0, 0.1) is 17.8 Å². The second kappa shape index (κ2) is 36.2. The molecule has 13 unspecified atom stereocenters. The molecule has 2 aliphatic heterocycles. The van der Waals surface area contributed by atoms with Crippen molar-refractivity contribution in [3.8, 4) is 0 Å². The van der Waals surface area contributed by atoms with Crippen molar-refractivity contribution in [1.82, 2.24) is 0 Å². The molecule has 0 spiro atoms. The predicted octanol–water partition coefficient (Wildman–Crippen LogP) is 2.22. The van der Waals surface area contributed by atoms with Gasteiger partial charge in [-0.15, -0.1) is 0 Å². The molecule has 0 radical (unpaired) electrons. The molecular formula is C59H86N2O19. The zero-order chi connectivity index (χ0) is 59.5. The third-order valence-electron chi connectivity index (χ3n) is 13.8. The van der Waals surface area contributed by atoms with Gasteiger partial charge in [-0.25, -0.2) is 0 Å². The van der Waals surface area contributed by atoms with Crippen LogP contribution in [0.1, 0.15) is 108 Å². The molecule has 1 saturated heterocycles. The van der Waals surface area contributed by atoms with E-state index >= 15 is 0 Å². The topological polar surface area (TPSA) is 377 Å². The number of hydrogen-bond donors (Lipinski definition) is 12. The van der Waals surface area contributed by atoms with E-state index in [0.29, 0.717) is 17.7 Å². The number of nitrogens with two attached hydrogens (primary N) is 2. The molecule has 0 aromatic heterocycles. The number of carbonyl (C=O) groups is 5. The smallest absolute Gasteiger partial charge is 0.313 e. The summed E-state index contributed by atoms with van der Waals surface area (Å²) in [5.41, 5.74) is 12.7. The summed E-state index contributed by atoms with van der Waals surface area (Å²) in [6.45, 7) is 5.19. The van der Waals surface area contributed by atoms with Crippen molar-refractivity contribution in [2.24, 2.45) is 23.5 Å². The van der Waals surface area contributed by atoms with Gasteiger partial charge < -0.3 is 81.5 Å². The Morgan fingerprint density at radius 3 is 1.69 bits per heavy atom. The van der Waals surface area contributed by atoms with Gasteiger partial charge in [-0.1, -0.05) is 98.9 Å². The molecule has 0 aliphatic carbocycles. The molecule has 0 amide bonds. The Hall–Kier alpha value is -5.37. The molecule has 21 nitrogen and oxygen atoms in total. The first-order chi connectivity index (χ1) is 37.9. The van der Waals surface area contributed by atoms with Crippen molar-refractivity contribution >= 4 is 35.0 Å². The SMILES string of the molecule is COC(=O)C1C(O)CC(=O)CC(O)CC(O)CC(O)CC(O)CC(=O)CC(O)CC(=O)OC(C(C)CCC(O)CC(=O)c2ccc(N)cc2)C(C)/C=C/C=C/C=C/C=C/C=C/C=C/C=C/C(O[C@@H]2O[C@H](C)[C@@H](O)[C@H](N)[C@@H]2O)CC1O. The number of Topliss-reactive ketones (excluding diaryl/α,β-unsaturated/α-hetero) is 3. The maximum absolute atomic E-state index is 13.3. The molecule has 3 rings (SSSR count). The van der Waals surface area contributed by atoms with Crippen molar-refractivity contribution in [2.75, 3.05) is 12.8 Å². The van der Waals surface area contributed by atoms with E-state index in [0.717, 1.165) is 7.11 Å². The Morgan fingerprint density at radius 1 is 0.637 bits per heavy atom. The Labute approximate surface area is 468 Å². The number of aliphatic hydroxyl groups excluding tert-OH is 10. The number of methoxy groups -OCH3 is 1. The minimum absolute atomic E-state index is 0.132. The normalized spacial score (nSPS) is 35.8. The fraction of sp³-hybridized carbons (Fsp3) is 0.576. The lowest BCUT2D eigenvalue weighted by Gasteiger charge is -2.41. The maximum atomic E-state index is 13.3. The number of rotatable bonds is 10. The summed E-state index contributed by atoms with van der Waals surface area (Å²) in [4.78, 5) is 65.1. The first-order valence-corrected chi connectivity index (χ1v) is 27.1. The third kappa shape index (κ3) is 25.6. The van der Waals surface area contributed by atoms with Gasteiger partial charge in [0.25, 0.3) is 0 Å². The summed E-state index contributed by atoms with van der Waals surface area (Å²) >= 11 is 0. The quantitative estimate of drug-likeness (QED) is 0.0908. The first-order valence-electron chi connectivity index (χ1n) is 27.1. The number of ketones is 3. The average molecular weight is 1130 g/mol. The van der Waals surface area contributed by atoms with E-state index in [4.69, 9.17) is 30.4 Å². The molecule has 446 valence electrons. The summed E-state index contributed by atoms with van der Waals surface area (Å²) in [5.74, 6) is -5.97. The zero-order valence-corrected chi connectivity index (χ0v) is 46.1. The number of aliphatic hydroxyl groups is 10. The molecule has 1 aromatic carbocycles. The van der Waals surface area contributed by atoms with Gasteiger partial charge in [-0.3, -0.25) is 24.0 Å². The van der Waals surface area contributed by atoms with Gasteiger partial charge >= 0.3 is 11.9 Å². The van der Waals surface area contributed by atoms with E-state index in [1.54, 1.807) is 97.2 Å². The summed E-state index contributed by atoms with van der Waals surface area (Å²) in [5, 5.41) is 108. The van der Waals surface area contributed by atoms with Crippen molar-refractivity contribution < 1.29 is 94.0 Å². The highest BCUT2D eigenvalue weighted by molar-refractivity contribution is 5.96. The summed E-state index contributed by atoms with van der Waals surface area (Å²) in [6.07, 6.45) is 1.25. The monoisotopic (exact) mass is 1130 g/mol. The molecule has 14 N–H and O–H groups in total. The van der Waals surface area contributed by atoms with E-state index in [1.165, 1.54) is 13.0 Å². The van der Waals surface area contributed by atoms with Gasteiger partial charge in [-0.05, 0) is 69.2 Å². The van der Waals surface area contributed by atoms with Gasteiger partial charge in [0.2, 0.25) is 0 Å². The van der Waals surface area contributed by atoms with Crippen molar-refractivity contribution in [3.63, 3.8) is 0 Å². The molecule has 2 heterocycles. The van der Waals surface area contributed by atoms with Crippen LogP contribution in [0.5, 0.6) is 0 Å². The molecule has 0 saturated carbocycles. The first kappa shape index (κ1) is 68.9. The summed E-state index contributed by atoms with van der Waals surface area (Å²) in [7, 11) is 1.01. The molecule has 1 fully saturated rings. The Balaban J connectivity index is 1.84. The molecular weight excluding hydrogens is 1040 g/mol. The van der Waals surface area contributed by atoms with Crippen LogP contribution < -0.4 is 11.5 Å². The highest BCUT2D eigenvalue weighted by Gasteiger charge is 2.43. The van der Waals surface area contributed by atoms with Crippen LogP contribution in [0.25, 0.3) is 0 Å². The van der Waals surface area contributed by atoms with E-state index in [1.807, 2.05) is 19.9 Å². The van der Waals surface area contributed by atoms with Crippen molar-refractivity contribution in [2.45, 2.75) is 190 Å². The molecule has 18 atom stereocenters. The average Bonchev–Trinajstić information content (AvgIpc) is 3.42. The predicted molar refractivity (Wildman–Crippen MR) is 296 cm³/mol. The van der Waals surface area contributed by atoms with E-state index in [9.17, 15) is 75.0 Å². The summed E-state index contributed by atoms with van der Waals surface area (Å²) in [6, 6.07) is 5.22. The van der Waals surface area contributed by atoms with Crippen molar-refractivity contribution in [3.05, 3.63) is 115 Å². The maximum Gasteiger partial charge on any atom is 0.313 e. The lowest BCUT2D eigenvalue weighted by molar-refractivity contribution is -0.277. The number of carbonyl (C=O) groups excluding carboxylic acids is 5. The molecule has 80 heavy (non-hydrogen) atoms. The highest BCUT2D eigenvalue weighted by Crippen LogP contribution is 2.28. The number of benzene rings is 1. The third-order valence-corrected chi connectivity index (χ3v) is 13.8. The number of allylic oxidation sites excluding steroid dienone is 12. The van der Waals surface area contributed by atoms with E-state index < -0.39 is 172 Å². The lowest BCUT2D eigenvalue weighted by atomic mass is 9.88. The Kier molecular flexibility index (Phi) is 31.1. The number of anilines is 1. The Bertz CT molecular complexity index is 2280. The molecule has 0 bridgehead atoms. The lowest BCUT2D eigenvalue weighted by Crippen LogP contribution is -2.61. The van der Waals surface area contributed by atoms with Crippen molar-refractivity contribution in [1.29, 1.82) is 0 Å². The standard InChI is InChI=1S/C59H86N2O19/c1-35-17-15-13-11-9-7-5-6-8-10-12-14-16-18-48(79-59-56(75)54(61)55(74)37(3)78-59)34-51(72)53(58(76)77-4)50(71)32-46(68)29-44(66)27-42(64)25-41(63)26-43(65)28-45(67)30-47(69)33-52(73)80-57(35)36(2)19-24-40(62)31-49(70)38-20-22-39(60)23-21-38/h5-18,20-23,35-37,40-44,47-48,50-51,53-57,59,62-66,69,71-72,74-75H,19,24-34,60-61H2,1-4H3/b6-5+,9-7+,10-8+,13-11+,14-12+,17-15+,18-16+/t35?,36?,37-,40?,41?,42?,43?,44?,47?,48?,50?,51?,53?,54+,55-,56+,57?,59+/m1/s1. The van der Waals surface area contributed by atoms with Gasteiger partial charge in [0, 0.05) is 55.7 Å². The molecule has 1 aromatic rings.